The van der Waals surface area contributed by atoms with Gasteiger partial charge in [0.15, 0.2) is 5.72 Å². The zero-order valence-corrected chi connectivity index (χ0v) is 18.6. The summed E-state index contributed by atoms with van der Waals surface area (Å²) in [6.45, 7) is 8.78. The first-order valence-corrected chi connectivity index (χ1v) is 10.6. The Balaban J connectivity index is 0.000000289. The molecule has 2 atom stereocenters. The molecule has 7 heteroatoms. The number of morpholine rings is 1. The van der Waals surface area contributed by atoms with E-state index in [1.54, 1.807) is 0 Å². The third-order valence-electron chi connectivity index (χ3n) is 5.26. The highest BCUT2D eigenvalue weighted by atomic mass is 35.5. The van der Waals surface area contributed by atoms with Gasteiger partial charge >= 0.3 is 0 Å². The van der Waals surface area contributed by atoms with Crippen LogP contribution < -0.4 is 0 Å². The SMILES string of the molecule is CC(C)(C)OC=O.Clc1cccc(-c2cc(-c3ccc(C45CN4CCO5)cc3)n[nH]2)c1. The number of rotatable bonds is 4. The molecule has 2 fully saturated rings. The van der Waals surface area contributed by atoms with Gasteiger partial charge in [-0.2, -0.15) is 5.10 Å². The van der Waals surface area contributed by atoms with Crippen molar-refractivity contribution in [1.82, 2.24) is 15.1 Å². The van der Waals surface area contributed by atoms with E-state index in [0.717, 1.165) is 47.2 Å². The molecular formula is C24H26ClN3O3. The maximum absolute atomic E-state index is 9.60. The number of hydrogen-bond donors (Lipinski definition) is 1. The molecule has 3 aromatic rings. The van der Waals surface area contributed by atoms with Crippen LogP contribution in [-0.4, -0.2) is 46.9 Å². The van der Waals surface area contributed by atoms with E-state index in [2.05, 4.69) is 50.2 Å². The smallest absolute Gasteiger partial charge is 0.293 e. The Morgan fingerprint density at radius 2 is 1.94 bits per heavy atom. The van der Waals surface area contributed by atoms with Crippen LogP contribution in [0.1, 0.15) is 26.3 Å². The van der Waals surface area contributed by atoms with Gasteiger partial charge in [-0.15, -0.1) is 0 Å². The average molecular weight is 440 g/mol. The zero-order chi connectivity index (χ0) is 22.1. The number of aromatic nitrogens is 2. The van der Waals surface area contributed by atoms with Crippen LogP contribution in [0.15, 0.2) is 54.6 Å². The number of nitrogens with one attached hydrogen (secondary N) is 1. The Morgan fingerprint density at radius 1 is 1.16 bits per heavy atom. The molecule has 2 unspecified atom stereocenters. The predicted octanol–water partition coefficient (Wildman–Crippen LogP) is 4.85. The minimum absolute atomic E-state index is 0.143. The Kier molecular flexibility index (Phi) is 5.88. The van der Waals surface area contributed by atoms with E-state index in [0.29, 0.717) is 6.47 Å². The number of nitrogens with zero attached hydrogens (tertiary/aromatic N) is 2. The second-order valence-electron chi connectivity index (χ2n) is 8.64. The minimum Gasteiger partial charge on any atom is -0.462 e. The molecule has 31 heavy (non-hydrogen) atoms. The zero-order valence-electron chi connectivity index (χ0n) is 17.9. The van der Waals surface area contributed by atoms with Gasteiger partial charge in [-0.25, -0.2) is 0 Å². The van der Waals surface area contributed by atoms with Crippen LogP contribution in [0.3, 0.4) is 0 Å². The van der Waals surface area contributed by atoms with Gasteiger partial charge in [0.2, 0.25) is 0 Å². The molecule has 0 bridgehead atoms. The standard InChI is InChI=1S/C19H16ClN3O.C5H10O2/c20-16-3-1-2-14(10-16)18-11-17(21-22-18)13-4-6-15(7-5-13)19-12-23(19)8-9-24-19;1-5(2,3)7-4-6/h1-7,10-11H,8-9,12H2,(H,21,22);4H,1-3H3. The molecule has 162 valence electrons. The number of benzene rings is 2. The second-order valence-corrected chi connectivity index (χ2v) is 9.07. The van der Waals surface area contributed by atoms with Crippen LogP contribution in [0, 0.1) is 0 Å². The molecule has 2 aliphatic rings. The molecule has 5 rings (SSSR count). The molecule has 0 amide bonds. The number of fused-ring (bicyclic) bond motifs is 1. The summed E-state index contributed by atoms with van der Waals surface area (Å²) in [7, 11) is 0. The third-order valence-corrected chi connectivity index (χ3v) is 5.50. The lowest BCUT2D eigenvalue weighted by Crippen LogP contribution is -2.17. The predicted molar refractivity (Wildman–Crippen MR) is 121 cm³/mol. The monoisotopic (exact) mass is 439 g/mol. The number of ether oxygens (including phenoxy) is 2. The van der Waals surface area contributed by atoms with Crippen molar-refractivity contribution in [3.05, 3.63) is 65.2 Å². The molecule has 0 saturated carbocycles. The van der Waals surface area contributed by atoms with E-state index < -0.39 is 0 Å². The number of H-pyrrole nitrogens is 1. The number of hydrogen-bond acceptors (Lipinski definition) is 5. The molecule has 6 nitrogen and oxygen atoms in total. The molecule has 2 saturated heterocycles. The molecule has 0 radical (unpaired) electrons. The summed E-state index contributed by atoms with van der Waals surface area (Å²) >= 11 is 6.07. The van der Waals surface area contributed by atoms with E-state index in [9.17, 15) is 4.79 Å². The second kappa shape index (κ2) is 8.46. The van der Waals surface area contributed by atoms with Crippen molar-refractivity contribution in [2.45, 2.75) is 32.1 Å². The molecule has 1 N–H and O–H groups in total. The largest absolute Gasteiger partial charge is 0.462 e. The van der Waals surface area contributed by atoms with E-state index >= 15 is 0 Å². The fourth-order valence-corrected chi connectivity index (χ4v) is 3.81. The lowest BCUT2D eigenvalue weighted by Gasteiger charge is -2.14. The topological polar surface area (TPSA) is 67.2 Å². The summed E-state index contributed by atoms with van der Waals surface area (Å²) in [5.74, 6) is 0. The van der Waals surface area contributed by atoms with Crippen molar-refractivity contribution in [1.29, 1.82) is 0 Å². The normalized spacial score (nSPS) is 21.6. The van der Waals surface area contributed by atoms with E-state index in [-0.39, 0.29) is 11.3 Å². The van der Waals surface area contributed by atoms with Gasteiger partial charge < -0.3 is 9.47 Å². The summed E-state index contributed by atoms with van der Waals surface area (Å²) in [4.78, 5) is 12.0. The maximum Gasteiger partial charge on any atom is 0.293 e. The van der Waals surface area contributed by atoms with Crippen LogP contribution in [-0.2, 0) is 20.0 Å². The van der Waals surface area contributed by atoms with Gasteiger partial charge in [0.05, 0.1) is 18.0 Å². The van der Waals surface area contributed by atoms with Gasteiger partial charge in [0.25, 0.3) is 6.47 Å². The van der Waals surface area contributed by atoms with Crippen molar-refractivity contribution in [2.24, 2.45) is 0 Å². The highest BCUT2D eigenvalue weighted by Crippen LogP contribution is 2.47. The Bertz CT molecular complexity index is 1060. The first-order valence-electron chi connectivity index (χ1n) is 10.2. The Labute approximate surface area is 187 Å². The van der Waals surface area contributed by atoms with Crippen LogP contribution in [0.2, 0.25) is 5.02 Å². The lowest BCUT2D eigenvalue weighted by molar-refractivity contribution is -0.138. The van der Waals surface area contributed by atoms with Crippen LogP contribution in [0.5, 0.6) is 0 Å². The molecule has 0 aliphatic carbocycles. The van der Waals surface area contributed by atoms with Crippen molar-refractivity contribution in [2.75, 3.05) is 19.7 Å². The molecule has 2 aromatic carbocycles. The van der Waals surface area contributed by atoms with Crippen molar-refractivity contribution >= 4 is 18.1 Å². The Morgan fingerprint density at radius 3 is 2.48 bits per heavy atom. The fraction of sp³-hybridized carbons (Fsp3) is 0.333. The van der Waals surface area contributed by atoms with E-state index in [1.165, 1.54) is 5.56 Å². The summed E-state index contributed by atoms with van der Waals surface area (Å²) in [5, 5.41) is 8.25. The van der Waals surface area contributed by atoms with Crippen LogP contribution in [0.25, 0.3) is 22.5 Å². The highest BCUT2D eigenvalue weighted by Gasteiger charge is 2.58. The summed E-state index contributed by atoms with van der Waals surface area (Å²) in [5.41, 5.74) is 4.78. The van der Waals surface area contributed by atoms with Crippen LogP contribution in [0.4, 0.5) is 0 Å². The third kappa shape index (κ3) is 4.82. The van der Waals surface area contributed by atoms with Gasteiger partial charge in [-0.3, -0.25) is 14.8 Å². The number of aromatic amines is 1. The minimum atomic E-state index is -0.318. The summed E-state index contributed by atoms with van der Waals surface area (Å²) in [6, 6.07) is 18.3. The lowest BCUT2D eigenvalue weighted by atomic mass is 10.0. The first kappa shape index (κ1) is 21.6. The van der Waals surface area contributed by atoms with Crippen molar-refractivity contribution < 1.29 is 14.3 Å². The highest BCUT2D eigenvalue weighted by molar-refractivity contribution is 6.30. The first-order chi connectivity index (χ1) is 14.8. The van der Waals surface area contributed by atoms with Crippen LogP contribution >= 0.6 is 11.6 Å². The van der Waals surface area contributed by atoms with Gasteiger partial charge in [-0.1, -0.05) is 48.0 Å². The molecule has 3 heterocycles. The number of carbonyl (C=O) groups is 1. The van der Waals surface area contributed by atoms with Gasteiger partial charge in [0.1, 0.15) is 5.60 Å². The number of halogens is 1. The van der Waals surface area contributed by atoms with E-state index in [4.69, 9.17) is 16.3 Å². The molecule has 0 spiro atoms. The number of carbonyl (C=O) groups excluding carboxylic acids is 1. The molecular weight excluding hydrogens is 414 g/mol. The summed E-state index contributed by atoms with van der Waals surface area (Å²) in [6.07, 6.45) is 0. The quantitative estimate of drug-likeness (QED) is 0.464. The van der Waals surface area contributed by atoms with Gasteiger partial charge in [-0.05, 0) is 39.0 Å². The summed E-state index contributed by atoms with van der Waals surface area (Å²) < 4.78 is 10.5. The Hall–Kier alpha value is -2.67. The average Bonchev–Trinajstić information content (AvgIpc) is 3.07. The molecule has 1 aromatic heterocycles. The van der Waals surface area contributed by atoms with Crippen molar-refractivity contribution in [3.63, 3.8) is 0 Å². The van der Waals surface area contributed by atoms with E-state index in [1.807, 2.05) is 45.0 Å². The van der Waals surface area contributed by atoms with Crippen molar-refractivity contribution in [3.8, 4) is 22.5 Å². The maximum atomic E-state index is 9.60. The molecule has 2 aliphatic heterocycles. The fourth-order valence-electron chi connectivity index (χ4n) is 3.62. The van der Waals surface area contributed by atoms with Gasteiger partial charge in [0, 0.05) is 34.8 Å².